The van der Waals surface area contributed by atoms with Gasteiger partial charge in [-0.15, -0.1) is 0 Å². The third-order valence-electron chi connectivity index (χ3n) is 4.97. The molecule has 2 bridgehead atoms. The van der Waals surface area contributed by atoms with Crippen LogP contribution in [0.2, 0.25) is 5.02 Å². The zero-order valence-electron chi connectivity index (χ0n) is 11.3. The molecule has 104 valence electrons. The first-order valence-electron chi connectivity index (χ1n) is 7.19. The lowest BCUT2D eigenvalue weighted by Gasteiger charge is -2.24. The van der Waals surface area contributed by atoms with Gasteiger partial charge in [-0.2, -0.15) is 0 Å². The van der Waals surface area contributed by atoms with Gasteiger partial charge in [-0.1, -0.05) is 24.1 Å². The molecule has 1 aromatic rings. The predicted molar refractivity (Wildman–Crippen MR) is 76.5 cm³/mol. The fraction of sp³-hybridized carbons (Fsp3) is 0.625. The van der Waals surface area contributed by atoms with Crippen LogP contribution in [0.1, 0.15) is 43.8 Å². The van der Waals surface area contributed by atoms with Crippen LogP contribution in [0.3, 0.4) is 0 Å². The third-order valence-corrected chi connectivity index (χ3v) is 5.27. The Morgan fingerprint density at radius 2 is 2.21 bits per heavy atom. The maximum Gasteiger partial charge on any atom is 0.137 e. The van der Waals surface area contributed by atoms with E-state index in [1.54, 1.807) is 7.11 Å². The Kier molecular flexibility index (Phi) is 3.72. The first-order valence-corrected chi connectivity index (χ1v) is 7.56. The first kappa shape index (κ1) is 13.3. The molecule has 4 atom stereocenters. The van der Waals surface area contributed by atoms with Gasteiger partial charge in [-0.25, -0.2) is 0 Å². The van der Waals surface area contributed by atoms with Crippen molar-refractivity contribution in [1.82, 2.24) is 0 Å². The summed E-state index contributed by atoms with van der Waals surface area (Å²) < 4.78 is 5.14. The first-order chi connectivity index (χ1) is 9.17. The molecular weight excluding hydrogens is 260 g/mol. The average molecular weight is 281 g/mol. The van der Waals surface area contributed by atoms with Crippen molar-refractivity contribution >= 4 is 11.6 Å². The zero-order valence-corrected chi connectivity index (χ0v) is 12.1. The Morgan fingerprint density at radius 3 is 2.79 bits per heavy atom. The van der Waals surface area contributed by atoms with E-state index in [0.717, 1.165) is 23.8 Å². The van der Waals surface area contributed by atoms with Crippen LogP contribution >= 0.6 is 11.6 Å². The molecule has 3 rings (SSSR count). The molecule has 2 aliphatic carbocycles. The Hall–Kier alpha value is -0.730. The number of aliphatic hydroxyl groups excluding tert-OH is 1. The Labute approximate surface area is 119 Å². The van der Waals surface area contributed by atoms with Crippen LogP contribution in [0, 0.1) is 17.8 Å². The van der Waals surface area contributed by atoms with Gasteiger partial charge in [0, 0.05) is 0 Å². The van der Waals surface area contributed by atoms with Crippen molar-refractivity contribution in [2.24, 2.45) is 17.8 Å². The van der Waals surface area contributed by atoms with Crippen molar-refractivity contribution in [1.29, 1.82) is 0 Å². The van der Waals surface area contributed by atoms with Gasteiger partial charge in [0.1, 0.15) is 5.75 Å². The van der Waals surface area contributed by atoms with E-state index >= 15 is 0 Å². The molecule has 0 spiro atoms. The Bertz CT molecular complexity index is 460. The van der Waals surface area contributed by atoms with Crippen molar-refractivity contribution in [3.63, 3.8) is 0 Å². The smallest absolute Gasteiger partial charge is 0.137 e. The van der Waals surface area contributed by atoms with E-state index < -0.39 is 6.10 Å². The normalized spacial score (nSPS) is 30.6. The molecule has 0 heterocycles. The van der Waals surface area contributed by atoms with Crippen LogP contribution in [-0.4, -0.2) is 12.2 Å². The summed E-state index contributed by atoms with van der Waals surface area (Å²) in [5.41, 5.74) is 0.911. The quantitative estimate of drug-likeness (QED) is 0.895. The molecule has 0 amide bonds. The molecule has 0 aromatic heterocycles. The molecule has 1 aromatic carbocycles. The Balaban J connectivity index is 1.67. The van der Waals surface area contributed by atoms with Gasteiger partial charge < -0.3 is 9.84 Å². The largest absolute Gasteiger partial charge is 0.495 e. The number of methoxy groups -OCH3 is 1. The minimum atomic E-state index is -0.396. The van der Waals surface area contributed by atoms with Gasteiger partial charge in [0.2, 0.25) is 0 Å². The standard InChI is InChI=1S/C16H21ClO2/c1-19-16-5-4-12(8-14(16)17)15(18)9-13-7-10-2-3-11(13)6-10/h4-5,8,10-11,13,15,18H,2-3,6-7,9H2,1H3. The lowest BCUT2D eigenvalue weighted by Crippen LogP contribution is -2.14. The van der Waals surface area contributed by atoms with E-state index in [1.165, 1.54) is 25.7 Å². The molecular formula is C16H21ClO2. The summed E-state index contributed by atoms with van der Waals surface area (Å²) in [6, 6.07) is 5.59. The number of rotatable bonds is 4. The van der Waals surface area contributed by atoms with Crippen molar-refractivity contribution in [3.8, 4) is 5.75 Å². The minimum absolute atomic E-state index is 0.396. The van der Waals surface area contributed by atoms with E-state index in [9.17, 15) is 5.11 Å². The van der Waals surface area contributed by atoms with Crippen LogP contribution in [0.25, 0.3) is 0 Å². The van der Waals surface area contributed by atoms with Crippen molar-refractivity contribution < 1.29 is 9.84 Å². The fourth-order valence-corrected chi connectivity index (χ4v) is 4.24. The zero-order chi connectivity index (χ0) is 13.4. The number of halogens is 1. The van der Waals surface area contributed by atoms with Crippen molar-refractivity contribution in [2.75, 3.05) is 7.11 Å². The van der Waals surface area contributed by atoms with Gasteiger partial charge in [0.25, 0.3) is 0 Å². The topological polar surface area (TPSA) is 29.5 Å². The summed E-state index contributed by atoms with van der Waals surface area (Å²) in [7, 11) is 1.60. The van der Waals surface area contributed by atoms with Gasteiger partial charge >= 0.3 is 0 Å². The molecule has 0 radical (unpaired) electrons. The van der Waals surface area contributed by atoms with Crippen LogP contribution in [-0.2, 0) is 0 Å². The monoisotopic (exact) mass is 280 g/mol. The number of hydrogen-bond donors (Lipinski definition) is 1. The second-order valence-electron chi connectivity index (χ2n) is 6.08. The lowest BCUT2D eigenvalue weighted by atomic mass is 9.83. The molecule has 4 unspecified atom stereocenters. The summed E-state index contributed by atoms with van der Waals surface area (Å²) in [6.07, 6.45) is 5.96. The average Bonchev–Trinajstić information content (AvgIpc) is 3.00. The summed E-state index contributed by atoms with van der Waals surface area (Å²) in [6.45, 7) is 0. The van der Waals surface area contributed by atoms with E-state index in [2.05, 4.69) is 0 Å². The molecule has 2 nitrogen and oxygen atoms in total. The lowest BCUT2D eigenvalue weighted by molar-refractivity contribution is 0.125. The van der Waals surface area contributed by atoms with Crippen molar-refractivity contribution in [3.05, 3.63) is 28.8 Å². The van der Waals surface area contributed by atoms with Gasteiger partial charge in [0.15, 0.2) is 0 Å². The molecule has 1 N–H and O–H groups in total. The number of ether oxygens (including phenoxy) is 1. The van der Waals surface area contributed by atoms with Gasteiger partial charge in [-0.3, -0.25) is 0 Å². The van der Waals surface area contributed by atoms with Crippen LogP contribution in [0.5, 0.6) is 5.75 Å². The second-order valence-corrected chi connectivity index (χ2v) is 6.49. The van der Waals surface area contributed by atoms with E-state index in [-0.39, 0.29) is 0 Å². The Morgan fingerprint density at radius 1 is 1.37 bits per heavy atom. The molecule has 2 saturated carbocycles. The maximum atomic E-state index is 10.4. The number of fused-ring (bicyclic) bond motifs is 2. The highest BCUT2D eigenvalue weighted by Gasteiger charge is 2.40. The summed E-state index contributed by atoms with van der Waals surface area (Å²) >= 11 is 6.12. The highest BCUT2D eigenvalue weighted by atomic mass is 35.5. The van der Waals surface area contributed by atoms with Crippen molar-refractivity contribution in [2.45, 2.75) is 38.2 Å². The number of benzene rings is 1. The summed E-state index contributed by atoms with van der Waals surface area (Å²) in [5, 5.41) is 11.0. The molecule has 2 fully saturated rings. The van der Waals surface area contributed by atoms with E-state index in [4.69, 9.17) is 16.3 Å². The third kappa shape index (κ3) is 2.61. The highest BCUT2D eigenvalue weighted by molar-refractivity contribution is 6.32. The maximum absolute atomic E-state index is 10.4. The fourth-order valence-electron chi connectivity index (χ4n) is 3.98. The molecule has 2 aliphatic rings. The minimum Gasteiger partial charge on any atom is -0.495 e. The van der Waals surface area contributed by atoms with Gasteiger partial charge in [-0.05, 0) is 61.1 Å². The van der Waals surface area contributed by atoms with Crippen LogP contribution in [0.4, 0.5) is 0 Å². The molecule has 19 heavy (non-hydrogen) atoms. The number of hydrogen-bond acceptors (Lipinski definition) is 2. The van der Waals surface area contributed by atoms with E-state index in [1.807, 2.05) is 18.2 Å². The van der Waals surface area contributed by atoms with Crippen LogP contribution < -0.4 is 4.74 Å². The van der Waals surface area contributed by atoms with Gasteiger partial charge in [0.05, 0.1) is 18.2 Å². The highest BCUT2D eigenvalue weighted by Crippen LogP contribution is 2.51. The summed E-state index contributed by atoms with van der Waals surface area (Å²) in [5.74, 6) is 3.15. The molecule has 0 aliphatic heterocycles. The van der Waals surface area contributed by atoms with E-state index in [0.29, 0.717) is 16.7 Å². The van der Waals surface area contributed by atoms with Crippen LogP contribution in [0.15, 0.2) is 18.2 Å². The molecule has 0 saturated heterocycles. The number of aliphatic hydroxyl groups is 1. The predicted octanol–water partition coefficient (Wildman–Crippen LogP) is 4.21. The second kappa shape index (κ2) is 5.34. The SMILES string of the molecule is COc1ccc(C(O)CC2CC3CCC2C3)cc1Cl. The molecule has 3 heteroatoms. The summed E-state index contributed by atoms with van der Waals surface area (Å²) in [4.78, 5) is 0.